The number of aromatic hydroxyl groups is 1. The maximum atomic E-state index is 12.6. The monoisotopic (exact) mass is 469 g/mol. The number of fused-ring (bicyclic) bond motifs is 1. The molecule has 1 aliphatic carbocycles. The molecule has 32 heavy (non-hydrogen) atoms. The molecule has 7 nitrogen and oxygen atoms in total. The Bertz CT molecular complexity index is 1340. The molecule has 4 rings (SSSR count). The summed E-state index contributed by atoms with van der Waals surface area (Å²) in [5.41, 5.74) is 3.45. The van der Waals surface area contributed by atoms with Crippen molar-refractivity contribution in [1.29, 1.82) is 0 Å². The van der Waals surface area contributed by atoms with E-state index >= 15 is 0 Å². The molecule has 0 aliphatic heterocycles. The summed E-state index contributed by atoms with van der Waals surface area (Å²) in [6.45, 7) is 3.89. The van der Waals surface area contributed by atoms with Gasteiger partial charge in [-0.2, -0.15) is 0 Å². The Morgan fingerprint density at radius 3 is 2.62 bits per heavy atom. The quantitative estimate of drug-likeness (QED) is 0.328. The SMILES string of the molecule is COC(=O)c1c(N=Cc2c(O)n(-c3cc(C)cc(C)c3)c(=S)[nH]c2=O)sc2c1CCCC2. The summed E-state index contributed by atoms with van der Waals surface area (Å²) < 4.78 is 6.46. The van der Waals surface area contributed by atoms with Crippen molar-refractivity contribution in [1.82, 2.24) is 9.55 Å². The first kappa shape index (κ1) is 22.2. The number of carbonyl (C=O) groups excluding carboxylic acids is 1. The van der Waals surface area contributed by atoms with Crippen LogP contribution < -0.4 is 5.56 Å². The van der Waals surface area contributed by atoms with Crippen molar-refractivity contribution in [2.24, 2.45) is 4.99 Å². The highest BCUT2D eigenvalue weighted by atomic mass is 32.1. The fourth-order valence-electron chi connectivity index (χ4n) is 4.05. The number of nitrogens with zero attached hydrogens (tertiary/aromatic N) is 2. The zero-order chi connectivity index (χ0) is 23.0. The van der Waals surface area contributed by atoms with Gasteiger partial charge in [0.25, 0.3) is 5.56 Å². The smallest absolute Gasteiger partial charge is 0.341 e. The minimum atomic E-state index is -0.558. The normalized spacial score (nSPS) is 13.3. The van der Waals surface area contributed by atoms with Gasteiger partial charge in [0.15, 0.2) is 4.77 Å². The molecule has 0 saturated heterocycles. The molecular weight excluding hydrogens is 446 g/mol. The van der Waals surface area contributed by atoms with E-state index in [1.165, 1.54) is 29.2 Å². The highest BCUT2D eigenvalue weighted by molar-refractivity contribution is 7.71. The van der Waals surface area contributed by atoms with Gasteiger partial charge in [0.05, 0.1) is 18.4 Å². The molecule has 2 aromatic heterocycles. The number of aromatic amines is 1. The van der Waals surface area contributed by atoms with Crippen LogP contribution in [-0.2, 0) is 17.6 Å². The molecule has 9 heteroatoms. The minimum absolute atomic E-state index is 0.0417. The summed E-state index contributed by atoms with van der Waals surface area (Å²) in [5, 5.41) is 11.4. The van der Waals surface area contributed by atoms with E-state index in [0.29, 0.717) is 16.3 Å². The first-order chi connectivity index (χ1) is 15.3. The zero-order valence-corrected chi connectivity index (χ0v) is 19.7. The predicted octanol–water partition coefficient (Wildman–Crippen LogP) is 4.70. The number of esters is 1. The van der Waals surface area contributed by atoms with Crippen molar-refractivity contribution in [3.63, 3.8) is 0 Å². The Hall–Kier alpha value is -3.04. The number of hydrogen-bond donors (Lipinski definition) is 2. The van der Waals surface area contributed by atoms with E-state index < -0.39 is 11.5 Å². The molecule has 1 aromatic carbocycles. The van der Waals surface area contributed by atoms with Gasteiger partial charge >= 0.3 is 5.97 Å². The molecular formula is C23H23N3O4S2. The third kappa shape index (κ3) is 4.05. The van der Waals surface area contributed by atoms with Crippen LogP contribution in [0.25, 0.3) is 5.69 Å². The van der Waals surface area contributed by atoms with Gasteiger partial charge in [-0.05, 0) is 80.6 Å². The maximum absolute atomic E-state index is 12.6. The molecule has 166 valence electrons. The average molecular weight is 470 g/mol. The van der Waals surface area contributed by atoms with Crippen molar-refractivity contribution in [2.45, 2.75) is 39.5 Å². The summed E-state index contributed by atoms with van der Waals surface area (Å²) >= 11 is 6.73. The van der Waals surface area contributed by atoms with Gasteiger partial charge in [-0.3, -0.25) is 14.3 Å². The largest absolute Gasteiger partial charge is 0.494 e. The lowest BCUT2D eigenvalue weighted by molar-refractivity contribution is 0.0601. The van der Waals surface area contributed by atoms with E-state index in [9.17, 15) is 14.7 Å². The van der Waals surface area contributed by atoms with Gasteiger partial charge in [0.1, 0.15) is 10.6 Å². The van der Waals surface area contributed by atoms with Gasteiger partial charge in [-0.15, -0.1) is 11.3 Å². The first-order valence-electron chi connectivity index (χ1n) is 10.2. The molecule has 1 aliphatic rings. The predicted molar refractivity (Wildman–Crippen MR) is 128 cm³/mol. The van der Waals surface area contributed by atoms with Gasteiger partial charge in [0.2, 0.25) is 5.88 Å². The highest BCUT2D eigenvalue weighted by Crippen LogP contribution is 2.40. The lowest BCUT2D eigenvalue weighted by Crippen LogP contribution is -2.18. The van der Waals surface area contributed by atoms with Crippen LogP contribution in [0.3, 0.4) is 0 Å². The number of hydrogen-bond acceptors (Lipinski definition) is 7. The number of ether oxygens (including phenoxy) is 1. The van der Waals surface area contributed by atoms with Crippen LogP contribution in [0.15, 0.2) is 28.0 Å². The van der Waals surface area contributed by atoms with E-state index in [2.05, 4.69) is 9.98 Å². The van der Waals surface area contributed by atoms with Gasteiger partial charge in [-0.25, -0.2) is 9.79 Å². The van der Waals surface area contributed by atoms with Crippen molar-refractivity contribution < 1.29 is 14.6 Å². The molecule has 0 spiro atoms. The third-order valence-corrected chi connectivity index (χ3v) is 6.92. The molecule has 2 N–H and O–H groups in total. The van der Waals surface area contributed by atoms with E-state index in [-0.39, 0.29) is 16.2 Å². The van der Waals surface area contributed by atoms with Crippen LogP contribution in [0.5, 0.6) is 5.88 Å². The van der Waals surface area contributed by atoms with Crippen molar-refractivity contribution in [3.8, 4) is 11.6 Å². The average Bonchev–Trinajstić information content (AvgIpc) is 3.10. The number of H-pyrrole nitrogens is 1. The van der Waals surface area contributed by atoms with Crippen LogP contribution in [0.1, 0.15) is 50.3 Å². The Balaban J connectivity index is 1.84. The number of aryl methyl sites for hydroxylation is 3. The number of benzene rings is 1. The van der Waals surface area contributed by atoms with Crippen molar-refractivity contribution in [3.05, 3.63) is 66.0 Å². The third-order valence-electron chi connectivity index (χ3n) is 5.44. The van der Waals surface area contributed by atoms with Crippen LogP contribution >= 0.6 is 23.6 Å². The fourth-order valence-corrected chi connectivity index (χ4v) is 5.56. The Morgan fingerprint density at radius 2 is 1.94 bits per heavy atom. The molecule has 0 atom stereocenters. The van der Waals surface area contributed by atoms with E-state index in [0.717, 1.165) is 47.3 Å². The first-order valence-corrected chi connectivity index (χ1v) is 11.5. The molecule has 0 saturated carbocycles. The van der Waals surface area contributed by atoms with E-state index in [1.807, 2.05) is 32.0 Å². The van der Waals surface area contributed by atoms with Gasteiger partial charge in [0, 0.05) is 11.1 Å². The molecule has 3 aromatic rings. The van der Waals surface area contributed by atoms with Crippen molar-refractivity contribution in [2.75, 3.05) is 7.11 Å². The lowest BCUT2D eigenvalue weighted by atomic mass is 9.95. The van der Waals surface area contributed by atoms with E-state index in [1.54, 1.807) is 0 Å². The van der Waals surface area contributed by atoms with Crippen LogP contribution in [0.4, 0.5) is 5.00 Å². The van der Waals surface area contributed by atoms with E-state index in [4.69, 9.17) is 17.0 Å². The zero-order valence-electron chi connectivity index (χ0n) is 18.0. The van der Waals surface area contributed by atoms with Gasteiger partial charge < -0.3 is 9.84 Å². The second-order valence-electron chi connectivity index (χ2n) is 7.82. The molecule has 0 unspecified atom stereocenters. The number of aromatic nitrogens is 2. The second kappa shape index (κ2) is 8.84. The molecule has 0 radical (unpaired) electrons. The summed E-state index contributed by atoms with van der Waals surface area (Å²) in [4.78, 5) is 33.2. The van der Waals surface area contributed by atoms with Crippen LogP contribution in [0.2, 0.25) is 0 Å². The standard InChI is InChI=1S/C23H23N3O4S2/c1-12-8-13(2)10-14(9-12)26-21(28)16(19(27)25-23(26)31)11-24-20-18(22(29)30-3)15-6-4-5-7-17(15)32-20/h8-11,28H,4-7H2,1-3H3,(H,25,27,31). The molecule has 0 amide bonds. The maximum Gasteiger partial charge on any atom is 0.341 e. The molecule has 0 bridgehead atoms. The summed E-state index contributed by atoms with van der Waals surface area (Å²) in [7, 11) is 1.34. The summed E-state index contributed by atoms with van der Waals surface area (Å²) in [5.74, 6) is -0.755. The van der Waals surface area contributed by atoms with Crippen molar-refractivity contribution >= 4 is 40.7 Å². The fraction of sp³-hybridized carbons (Fsp3) is 0.304. The number of aliphatic imine (C=N–C) groups is 1. The highest BCUT2D eigenvalue weighted by Gasteiger charge is 2.26. The molecule has 2 heterocycles. The topological polar surface area (TPSA) is 96.7 Å². The summed E-state index contributed by atoms with van der Waals surface area (Å²) in [6.07, 6.45) is 5.05. The molecule has 0 fully saturated rings. The Kier molecular flexibility index (Phi) is 6.12. The minimum Gasteiger partial charge on any atom is -0.494 e. The lowest BCUT2D eigenvalue weighted by Gasteiger charge is -2.12. The number of methoxy groups -OCH3 is 1. The van der Waals surface area contributed by atoms with Crippen LogP contribution in [-0.4, -0.2) is 34.0 Å². The van der Waals surface area contributed by atoms with Crippen LogP contribution in [0, 0.1) is 18.6 Å². The van der Waals surface area contributed by atoms with Gasteiger partial charge in [-0.1, -0.05) is 6.07 Å². The number of thiophene rings is 1. The number of carbonyl (C=O) groups is 1. The number of rotatable bonds is 4. The number of nitrogens with one attached hydrogen (secondary N) is 1. The Labute approximate surface area is 194 Å². The second-order valence-corrected chi connectivity index (χ2v) is 9.29. The Morgan fingerprint density at radius 1 is 1.25 bits per heavy atom. The summed E-state index contributed by atoms with van der Waals surface area (Å²) in [6, 6.07) is 5.74.